The number of nitrogens with zero attached hydrogens (tertiary/aromatic N) is 3. The average molecular weight is 342 g/mol. The molecule has 2 N–H and O–H groups in total. The lowest BCUT2D eigenvalue weighted by atomic mass is 9.76. The number of aromatic nitrogens is 2. The molecule has 7 nitrogen and oxygen atoms in total. The molecule has 4 heterocycles. The highest BCUT2D eigenvalue weighted by Gasteiger charge is 2.43. The number of aliphatic carboxylic acids is 1. The summed E-state index contributed by atoms with van der Waals surface area (Å²) in [5, 5.41) is 16.4. The molecule has 2 aliphatic heterocycles. The number of rotatable bonds is 4. The number of carbonyl (C=O) groups is 1. The summed E-state index contributed by atoms with van der Waals surface area (Å²) in [5.41, 5.74) is 1.71. The van der Waals surface area contributed by atoms with Crippen LogP contribution < -0.4 is 5.32 Å². The minimum Gasteiger partial charge on any atom is -0.480 e. The Morgan fingerprint density at radius 1 is 1.36 bits per heavy atom. The van der Waals surface area contributed by atoms with E-state index in [4.69, 9.17) is 4.52 Å². The van der Waals surface area contributed by atoms with E-state index in [0.717, 1.165) is 62.6 Å². The first-order valence-electron chi connectivity index (χ1n) is 8.69. The fraction of sp³-hybridized carbons (Fsp3) is 0.500. The van der Waals surface area contributed by atoms with E-state index in [1.165, 1.54) is 0 Å². The average Bonchev–Trinajstić information content (AvgIpc) is 3.26. The van der Waals surface area contributed by atoms with Gasteiger partial charge in [-0.2, -0.15) is 0 Å². The topological polar surface area (TPSA) is 91.5 Å². The third-order valence-electron chi connectivity index (χ3n) is 5.44. The van der Waals surface area contributed by atoms with Crippen LogP contribution in [0.25, 0.3) is 11.4 Å². The van der Waals surface area contributed by atoms with Crippen molar-refractivity contribution in [1.82, 2.24) is 20.4 Å². The van der Waals surface area contributed by atoms with Crippen LogP contribution in [0.5, 0.6) is 0 Å². The Bertz CT molecular complexity index is 738. The number of nitrogens with one attached hydrogen (secondary N) is 1. The monoisotopic (exact) mass is 342 g/mol. The maximum atomic E-state index is 11.2. The number of likely N-dealkylation sites (tertiary alicyclic amines) is 1. The number of carboxylic acid groups (broad SMARTS) is 1. The number of carboxylic acids is 1. The first-order chi connectivity index (χ1) is 12.1. The molecule has 25 heavy (non-hydrogen) atoms. The second-order valence-electron chi connectivity index (χ2n) is 7.15. The van der Waals surface area contributed by atoms with Gasteiger partial charge in [-0.05, 0) is 49.9 Å². The van der Waals surface area contributed by atoms with E-state index >= 15 is 0 Å². The highest BCUT2D eigenvalue weighted by molar-refractivity contribution is 5.74. The first kappa shape index (κ1) is 16.2. The molecule has 1 atom stereocenters. The lowest BCUT2D eigenvalue weighted by Gasteiger charge is -2.38. The van der Waals surface area contributed by atoms with Crippen LogP contribution in [-0.4, -0.2) is 51.8 Å². The molecular weight excluding hydrogens is 320 g/mol. The highest BCUT2D eigenvalue weighted by Crippen LogP contribution is 2.39. The zero-order chi connectivity index (χ0) is 17.3. The smallest absolute Gasteiger partial charge is 0.320 e. The minimum absolute atomic E-state index is 0.139. The normalized spacial score (nSPS) is 23.1. The van der Waals surface area contributed by atoms with Crippen molar-refractivity contribution in [2.45, 2.75) is 31.8 Å². The molecule has 1 spiro atoms. The van der Waals surface area contributed by atoms with Crippen molar-refractivity contribution in [2.75, 3.05) is 19.6 Å². The van der Waals surface area contributed by atoms with Gasteiger partial charge in [0.25, 0.3) is 0 Å². The van der Waals surface area contributed by atoms with Gasteiger partial charge in [0.15, 0.2) is 5.76 Å². The fourth-order valence-corrected chi connectivity index (χ4v) is 3.90. The molecule has 0 radical (unpaired) electrons. The van der Waals surface area contributed by atoms with Gasteiger partial charge in [-0.25, -0.2) is 0 Å². The Kier molecular flexibility index (Phi) is 4.27. The zero-order valence-electron chi connectivity index (χ0n) is 14.0. The summed E-state index contributed by atoms with van der Waals surface area (Å²) in [7, 11) is 0. The van der Waals surface area contributed by atoms with Crippen LogP contribution in [0.15, 0.2) is 35.0 Å². The van der Waals surface area contributed by atoms with Gasteiger partial charge >= 0.3 is 5.97 Å². The van der Waals surface area contributed by atoms with Gasteiger partial charge in [-0.15, -0.1) is 0 Å². The molecule has 0 amide bonds. The summed E-state index contributed by atoms with van der Waals surface area (Å²) in [6, 6.07) is 7.28. The molecule has 1 unspecified atom stereocenters. The third-order valence-corrected chi connectivity index (χ3v) is 5.44. The van der Waals surface area contributed by atoms with Crippen LogP contribution in [0.2, 0.25) is 0 Å². The molecule has 132 valence electrons. The molecule has 0 saturated carbocycles. The molecule has 7 heteroatoms. The summed E-state index contributed by atoms with van der Waals surface area (Å²) in [6.45, 7) is 3.44. The van der Waals surface area contributed by atoms with Crippen molar-refractivity contribution in [3.05, 3.63) is 36.2 Å². The van der Waals surface area contributed by atoms with Gasteiger partial charge in [0.05, 0.1) is 12.2 Å². The van der Waals surface area contributed by atoms with Gasteiger partial charge < -0.3 is 14.9 Å². The van der Waals surface area contributed by atoms with E-state index in [1.54, 1.807) is 6.20 Å². The Morgan fingerprint density at radius 2 is 2.20 bits per heavy atom. The minimum atomic E-state index is -0.733. The Labute approximate surface area is 146 Å². The molecule has 2 saturated heterocycles. The number of pyridine rings is 1. The van der Waals surface area contributed by atoms with Crippen molar-refractivity contribution in [2.24, 2.45) is 5.41 Å². The molecular formula is C18H22N4O3. The van der Waals surface area contributed by atoms with Crippen LogP contribution in [0.3, 0.4) is 0 Å². The lowest BCUT2D eigenvalue weighted by Crippen LogP contribution is -2.40. The van der Waals surface area contributed by atoms with E-state index in [9.17, 15) is 9.90 Å². The van der Waals surface area contributed by atoms with Gasteiger partial charge in [-0.3, -0.25) is 14.7 Å². The summed E-state index contributed by atoms with van der Waals surface area (Å²) in [6.07, 6.45) is 4.52. The summed E-state index contributed by atoms with van der Waals surface area (Å²) < 4.78 is 5.47. The van der Waals surface area contributed by atoms with Crippen molar-refractivity contribution >= 4 is 5.97 Å². The van der Waals surface area contributed by atoms with E-state index in [2.05, 4.69) is 20.4 Å². The predicted molar refractivity (Wildman–Crippen MR) is 90.7 cm³/mol. The predicted octanol–water partition coefficient (Wildman–Crippen LogP) is 1.77. The SMILES string of the molecule is O=C(O)C1CC2(CCN(Cc3cc(-c4ccccn4)no3)CC2)CN1. The van der Waals surface area contributed by atoms with E-state index in [1.807, 2.05) is 24.3 Å². The largest absolute Gasteiger partial charge is 0.480 e. The maximum absolute atomic E-state index is 11.2. The highest BCUT2D eigenvalue weighted by atomic mass is 16.5. The standard InChI is InChI=1S/C18H22N4O3/c23-17(24)16-10-18(12-20-16)4-7-22(8-5-18)11-13-9-15(21-25-13)14-3-1-2-6-19-14/h1-3,6,9,16,20H,4-5,7-8,10-12H2,(H,23,24). The van der Waals surface area contributed by atoms with Crippen molar-refractivity contribution in [1.29, 1.82) is 0 Å². The summed E-state index contributed by atoms with van der Waals surface area (Å²) >= 11 is 0. The van der Waals surface area contributed by atoms with Gasteiger partial charge in [0.1, 0.15) is 11.7 Å². The molecule has 2 aromatic heterocycles. The van der Waals surface area contributed by atoms with E-state index in [0.29, 0.717) is 0 Å². The molecule has 2 aliphatic rings. The number of hydrogen-bond donors (Lipinski definition) is 2. The second kappa shape index (κ2) is 6.57. The van der Waals surface area contributed by atoms with E-state index < -0.39 is 5.97 Å². The van der Waals surface area contributed by atoms with Crippen LogP contribution >= 0.6 is 0 Å². The molecule has 2 fully saturated rings. The molecule has 2 aromatic rings. The first-order valence-corrected chi connectivity index (χ1v) is 8.69. The van der Waals surface area contributed by atoms with Gasteiger partial charge in [0.2, 0.25) is 0 Å². The Balaban J connectivity index is 1.34. The Morgan fingerprint density at radius 3 is 2.88 bits per heavy atom. The second-order valence-corrected chi connectivity index (χ2v) is 7.15. The zero-order valence-corrected chi connectivity index (χ0v) is 14.0. The lowest BCUT2D eigenvalue weighted by molar-refractivity contribution is -0.139. The Hall–Kier alpha value is -2.25. The fourth-order valence-electron chi connectivity index (χ4n) is 3.90. The number of piperidine rings is 1. The van der Waals surface area contributed by atoms with E-state index in [-0.39, 0.29) is 11.5 Å². The maximum Gasteiger partial charge on any atom is 0.320 e. The van der Waals surface area contributed by atoms with Crippen LogP contribution in [0.4, 0.5) is 0 Å². The van der Waals surface area contributed by atoms with Crippen LogP contribution in [0, 0.1) is 5.41 Å². The summed E-state index contributed by atoms with van der Waals surface area (Å²) in [5.74, 6) is 0.104. The molecule has 0 bridgehead atoms. The number of hydrogen-bond acceptors (Lipinski definition) is 6. The van der Waals surface area contributed by atoms with Crippen molar-refractivity contribution in [3.63, 3.8) is 0 Å². The molecule has 0 aliphatic carbocycles. The molecule has 4 rings (SSSR count). The third kappa shape index (κ3) is 3.43. The van der Waals surface area contributed by atoms with Crippen LogP contribution in [-0.2, 0) is 11.3 Å². The van der Waals surface area contributed by atoms with Gasteiger partial charge in [-0.1, -0.05) is 11.2 Å². The van der Waals surface area contributed by atoms with Crippen molar-refractivity contribution < 1.29 is 14.4 Å². The van der Waals surface area contributed by atoms with Crippen LogP contribution in [0.1, 0.15) is 25.0 Å². The quantitative estimate of drug-likeness (QED) is 0.875. The van der Waals surface area contributed by atoms with Gasteiger partial charge in [0, 0.05) is 18.8 Å². The molecule has 0 aromatic carbocycles. The summed E-state index contributed by atoms with van der Waals surface area (Å²) in [4.78, 5) is 17.8. The van der Waals surface area contributed by atoms with Crippen molar-refractivity contribution in [3.8, 4) is 11.4 Å².